The van der Waals surface area contributed by atoms with Gasteiger partial charge >= 0.3 is 5.97 Å². The highest BCUT2D eigenvalue weighted by atomic mass is 16.4. The Kier molecular flexibility index (Phi) is 3.14. The van der Waals surface area contributed by atoms with E-state index in [1.54, 1.807) is 6.20 Å². The van der Waals surface area contributed by atoms with E-state index in [-0.39, 0.29) is 12.0 Å². The molecule has 1 aromatic heterocycles. The number of carbonyl (C=O) groups is 1. The second kappa shape index (κ2) is 4.02. The van der Waals surface area contributed by atoms with Crippen LogP contribution in [0.2, 0.25) is 0 Å². The molecule has 1 rings (SSSR count). The number of nitrogens with zero attached hydrogens (tertiary/aromatic N) is 1. The van der Waals surface area contributed by atoms with Gasteiger partial charge in [0.05, 0.1) is 12.1 Å². The van der Waals surface area contributed by atoms with E-state index in [0.717, 1.165) is 5.69 Å². The third kappa shape index (κ3) is 2.36. The Balaban J connectivity index is 3.14. The molecule has 15 heavy (non-hydrogen) atoms. The van der Waals surface area contributed by atoms with E-state index in [2.05, 4.69) is 10.2 Å². The van der Waals surface area contributed by atoms with Crippen molar-refractivity contribution >= 4 is 5.97 Å². The molecule has 0 aliphatic heterocycles. The largest absolute Gasteiger partial charge is 0.481 e. The molecule has 1 aromatic rings. The number of hydrogen-bond acceptors (Lipinski definition) is 3. The first kappa shape index (κ1) is 11.7. The SMILES string of the molecule is CC(C)(C)c1[nH]ncc1C(CN)C(=O)O. The number of aromatic amines is 1. The van der Waals surface area contributed by atoms with Crippen molar-refractivity contribution in [3.05, 3.63) is 17.5 Å². The highest BCUT2D eigenvalue weighted by Gasteiger charge is 2.28. The van der Waals surface area contributed by atoms with Crippen molar-refractivity contribution in [2.45, 2.75) is 32.1 Å². The molecule has 0 fully saturated rings. The number of carboxylic acid groups (broad SMARTS) is 1. The molecule has 1 heterocycles. The van der Waals surface area contributed by atoms with E-state index in [1.165, 1.54) is 0 Å². The maximum Gasteiger partial charge on any atom is 0.312 e. The van der Waals surface area contributed by atoms with E-state index < -0.39 is 11.9 Å². The predicted octanol–water partition coefficient (Wildman–Crippen LogP) is 0.834. The van der Waals surface area contributed by atoms with Gasteiger partial charge in [-0.25, -0.2) is 0 Å². The van der Waals surface area contributed by atoms with Crippen molar-refractivity contribution < 1.29 is 9.90 Å². The Hall–Kier alpha value is -1.36. The molecule has 0 saturated heterocycles. The maximum absolute atomic E-state index is 11.0. The number of nitrogens with two attached hydrogens (primary N) is 1. The average Bonchev–Trinajstić information content (AvgIpc) is 2.52. The van der Waals surface area contributed by atoms with Crippen LogP contribution in [-0.4, -0.2) is 27.8 Å². The summed E-state index contributed by atoms with van der Waals surface area (Å²) in [7, 11) is 0. The standard InChI is InChI=1S/C10H17N3O2/c1-10(2,3)8-7(5-12-13-8)6(4-11)9(14)15/h5-6H,4,11H2,1-3H3,(H,12,13)(H,14,15). The van der Waals surface area contributed by atoms with Gasteiger partial charge < -0.3 is 10.8 Å². The van der Waals surface area contributed by atoms with E-state index in [9.17, 15) is 4.79 Å². The fraction of sp³-hybridized carbons (Fsp3) is 0.600. The van der Waals surface area contributed by atoms with Gasteiger partial charge in [-0.1, -0.05) is 20.8 Å². The molecule has 4 N–H and O–H groups in total. The molecule has 1 atom stereocenters. The van der Waals surface area contributed by atoms with Crippen LogP contribution in [0.3, 0.4) is 0 Å². The van der Waals surface area contributed by atoms with E-state index in [1.807, 2.05) is 20.8 Å². The third-order valence-electron chi connectivity index (χ3n) is 2.33. The Morgan fingerprint density at radius 1 is 1.67 bits per heavy atom. The van der Waals surface area contributed by atoms with Crippen LogP contribution in [0.4, 0.5) is 0 Å². The van der Waals surface area contributed by atoms with Crippen LogP contribution in [0.25, 0.3) is 0 Å². The summed E-state index contributed by atoms with van der Waals surface area (Å²) in [4.78, 5) is 11.0. The van der Waals surface area contributed by atoms with E-state index >= 15 is 0 Å². The molecule has 0 bridgehead atoms. The number of nitrogens with one attached hydrogen (secondary N) is 1. The van der Waals surface area contributed by atoms with Gasteiger partial charge in [-0.3, -0.25) is 9.89 Å². The molecule has 0 saturated carbocycles. The van der Waals surface area contributed by atoms with Gasteiger partial charge in [0, 0.05) is 23.2 Å². The van der Waals surface area contributed by atoms with Crippen molar-refractivity contribution in [3.8, 4) is 0 Å². The van der Waals surface area contributed by atoms with Gasteiger partial charge in [-0.15, -0.1) is 0 Å². The number of hydrogen-bond donors (Lipinski definition) is 3. The zero-order valence-corrected chi connectivity index (χ0v) is 9.24. The van der Waals surface area contributed by atoms with Gasteiger partial charge in [0.1, 0.15) is 0 Å². The van der Waals surface area contributed by atoms with Gasteiger partial charge in [0.15, 0.2) is 0 Å². The molecule has 5 nitrogen and oxygen atoms in total. The highest BCUT2D eigenvalue weighted by Crippen LogP contribution is 2.28. The van der Waals surface area contributed by atoms with Crippen molar-refractivity contribution in [3.63, 3.8) is 0 Å². The monoisotopic (exact) mass is 211 g/mol. The summed E-state index contributed by atoms with van der Waals surface area (Å²) in [5.74, 6) is -1.60. The van der Waals surface area contributed by atoms with Crippen LogP contribution in [0.15, 0.2) is 6.20 Å². The zero-order valence-electron chi connectivity index (χ0n) is 9.24. The first-order valence-corrected chi connectivity index (χ1v) is 4.84. The van der Waals surface area contributed by atoms with Crippen LogP contribution in [0, 0.1) is 0 Å². The first-order valence-electron chi connectivity index (χ1n) is 4.84. The molecule has 84 valence electrons. The van der Waals surface area contributed by atoms with Gasteiger partial charge in [-0.2, -0.15) is 5.10 Å². The first-order chi connectivity index (χ1) is 6.88. The summed E-state index contributed by atoms with van der Waals surface area (Å²) in [6.45, 7) is 6.08. The Morgan fingerprint density at radius 3 is 2.67 bits per heavy atom. The van der Waals surface area contributed by atoms with Gasteiger partial charge in [0.25, 0.3) is 0 Å². The van der Waals surface area contributed by atoms with Crippen molar-refractivity contribution in [2.24, 2.45) is 5.73 Å². The Labute approximate surface area is 88.7 Å². The number of aliphatic carboxylic acids is 1. The molecule has 0 aromatic carbocycles. The highest BCUT2D eigenvalue weighted by molar-refractivity contribution is 5.76. The summed E-state index contributed by atoms with van der Waals surface area (Å²) in [6.07, 6.45) is 1.55. The molecule has 0 amide bonds. The van der Waals surface area contributed by atoms with Crippen LogP contribution < -0.4 is 5.73 Å². The fourth-order valence-electron chi connectivity index (χ4n) is 1.52. The Morgan fingerprint density at radius 2 is 2.27 bits per heavy atom. The fourth-order valence-corrected chi connectivity index (χ4v) is 1.52. The molecule has 0 aliphatic rings. The second-order valence-electron chi connectivity index (χ2n) is 4.58. The molecule has 1 unspecified atom stereocenters. The van der Waals surface area contributed by atoms with Crippen LogP contribution in [-0.2, 0) is 10.2 Å². The van der Waals surface area contributed by atoms with Crippen molar-refractivity contribution in [2.75, 3.05) is 6.54 Å². The molecule has 0 aliphatic carbocycles. The van der Waals surface area contributed by atoms with E-state index in [4.69, 9.17) is 10.8 Å². The summed E-state index contributed by atoms with van der Waals surface area (Å²) in [5.41, 5.74) is 6.81. The third-order valence-corrected chi connectivity index (χ3v) is 2.33. The number of aromatic nitrogens is 2. The minimum Gasteiger partial charge on any atom is -0.481 e. The Bertz CT molecular complexity index is 352. The second-order valence-corrected chi connectivity index (χ2v) is 4.58. The lowest BCUT2D eigenvalue weighted by Gasteiger charge is -2.20. The number of rotatable bonds is 3. The van der Waals surface area contributed by atoms with Crippen molar-refractivity contribution in [1.82, 2.24) is 10.2 Å². The van der Waals surface area contributed by atoms with Crippen LogP contribution in [0.1, 0.15) is 37.9 Å². The summed E-state index contributed by atoms with van der Waals surface area (Å²) in [5, 5.41) is 15.8. The van der Waals surface area contributed by atoms with Crippen LogP contribution in [0.5, 0.6) is 0 Å². The quantitative estimate of drug-likeness (QED) is 0.690. The predicted molar refractivity (Wildman–Crippen MR) is 56.7 cm³/mol. The topological polar surface area (TPSA) is 92.0 Å². The van der Waals surface area contributed by atoms with Gasteiger partial charge in [-0.05, 0) is 0 Å². The molecule has 0 radical (unpaired) electrons. The van der Waals surface area contributed by atoms with E-state index in [0.29, 0.717) is 5.56 Å². The average molecular weight is 211 g/mol. The molecular weight excluding hydrogens is 194 g/mol. The lowest BCUT2D eigenvalue weighted by atomic mass is 9.85. The normalized spacial score (nSPS) is 13.9. The van der Waals surface area contributed by atoms with Crippen molar-refractivity contribution in [1.29, 1.82) is 0 Å². The molecule has 0 spiro atoms. The molecule has 5 heteroatoms. The summed E-state index contributed by atoms with van der Waals surface area (Å²) in [6, 6.07) is 0. The molecular formula is C10H17N3O2. The summed E-state index contributed by atoms with van der Waals surface area (Å²) >= 11 is 0. The lowest BCUT2D eigenvalue weighted by molar-refractivity contribution is -0.138. The lowest BCUT2D eigenvalue weighted by Crippen LogP contribution is -2.24. The zero-order chi connectivity index (χ0) is 11.6. The minimum absolute atomic E-state index is 0.0813. The summed E-state index contributed by atoms with van der Waals surface area (Å²) < 4.78 is 0. The number of carboxylic acids is 1. The number of H-pyrrole nitrogens is 1. The maximum atomic E-state index is 11.0. The van der Waals surface area contributed by atoms with Gasteiger partial charge in [0.2, 0.25) is 0 Å². The van der Waals surface area contributed by atoms with Crippen LogP contribution >= 0.6 is 0 Å². The smallest absolute Gasteiger partial charge is 0.312 e. The minimum atomic E-state index is -0.913.